The van der Waals surface area contributed by atoms with E-state index in [1.807, 2.05) is 12.1 Å². The Morgan fingerprint density at radius 2 is 2.06 bits per heavy atom. The lowest BCUT2D eigenvalue weighted by atomic mass is 9.88. The van der Waals surface area contributed by atoms with Crippen molar-refractivity contribution in [2.75, 3.05) is 26.7 Å². The number of halogens is 2. The molecule has 0 unspecified atom stereocenters. The summed E-state index contributed by atoms with van der Waals surface area (Å²) in [5.41, 5.74) is 2.56. The molecule has 3 aromatic heterocycles. The molecule has 0 amide bonds. The van der Waals surface area contributed by atoms with Crippen LogP contribution in [-0.2, 0) is 0 Å². The molecule has 1 aliphatic heterocycles. The molecule has 0 bridgehead atoms. The number of piperidine rings is 1. The first-order chi connectivity index (χ1) is 16.0. The van der Waals surface area contributed by atoms with E-state index in [-0.39, 0.29) is 17.3 Å². The maximum Gasteiger partial charge on any atom is 0.272 e. The Labute approximate surface area is 187 Å². The minimum absolute atomic E-state index is 0.173. The molecule has 5 rings (SSSR count). The van der Waals surface area contributed by atoms with Gasteiger partial charge in [0.1, 0.15) is 29.6 Å². The van der Waals surface area contributed by atoms with E-state index in [2.05, 4.69) is 38.0 Å². The van der Waals surface area contributed by atoms with E-state index in [0.717, 1.165) is 31.5 Å². The van der Waals surface area contributed by atoms with Crippen molar-refractivity contribution >= 4 is 21.9 Å². The summed E-state index contributed by atoms with van der Waals surface area (Å²) in [7, 11) is 2.06. The minimum Gasteiger partial charge on any atom is -0.485 e. The average Bonchev–Trinajstić information content (AvgIpc) is 3.41. The number of hydrogen-bond acceptors (Lipinski definition) is 5. The van der Waals surface area contributed by atoms with Gasteiger partial charge in [-0.2, -0.15) is 5.26 Å². The summed E-state index contributed by atoms with van der Waals surface area (Å²) in [5.74, 6) is 0.773. The molecule has 8 nitrogen and oxygen atoms in total. The van der Waals surface area contributed by atoms with Gasteiger partial charge in [-0.05, 0) is 50.5 Å². The second-order valence-electron chi connectivity index (χ2n) is 8.34. The van der Waals surface area contributed by atoms with Gasteiger partial charge in [-0.1, -0.05) is 6.07 Å². The SMILES string of the molecule is CN1CCC(c2ccc3[nH]c(-c4c(=O)[nH]cc5c(C#N)c[nH]c45)nc3c2OCC(F)F)CC1. The van der Waals surface area contributed by atoms with Crippen LogP contribution in [0.4, 0.5) is 8.78 Å². The summed E-state index contributed by atoms with van der Waals surface area (Å²) < 4.78 is 31.7. The van der Waals surface area contributed by atoms with Crippen LogP contribution in [0.2, 0.25) is 0 Å². The van der Waals surface area contributed by atoms with Gasteiger partial charge in [-0.3, -0.25) is 4.79 Å². The first-order valence-electron chi connectivity index (χ1n) is 10.7. The van der Waals surface area contributed by atoms with Crippen molar-refractivity contribution in [2.45, 2.75) is 25.2 Å². The molecular weight excluding hydrogens is 430 g/mol. The second kappa shape index (κ2) is 8.33. The molecule has 0 radical (unpaired) electrons. The van der Waals surface area contributed by atoms with Crippen molar-refractivity contribution in [2.24, 2.45) is 0 Å². The van der Waals surface area contributed by atoms with Crippen molar-refractivity contribution in [3.8, 4) is 23.2 Å². The summed E-state index contributed by atoms with van der Waals surface area (Å²) >= 11 is 0. The zero-order chi connectivity index (χ0) is 23.1. The Hall–Kier alpha value is -3.71. The maximum absolute atomic E-state index is 13.0. The molecular formula is C23H22F2N6O2. The zero-order valence-corrected chi connectivity index (χ0v) is 17.9. The topological polar surface area (TPSA) is 114 Å². The van der Waals surface area contributed by atoms with Crippen LogP contribution in [0.1, 0.15) is 29.9 Å². The summed E-state index contributed by atoms with van der Waals surface area (Å²) in [6.07, 6.45) is 2.17. The Morgan fingerprint density at radius 3 is 2.79 bits per heavy atom. The standard InChI is InChI=1S/C23H22F2N6O2/c1-31-6-4-12(5-7-31)14-2-3-16-20(21(14)33-11-17(24)25)30-22(29-16)18-19-15(10-28-23(18)32)13(8-26)9-27-19/h2-3,9-10,12,17,27H,4-7,11H2,1H3,(H,28,32)(H,29,30). The molecule has 0 spiro atoms. The van der Waals surface area contributed by atoms with Crippen LogP contribution in [0.3, 0.4) is 0 Å². The smallest absolute Gasteiger partial charge is 0.272 e. The number of ether oxygens (including phenoxy) is 1. The summed E-state index contributed by atoms with van der Waals surface area (Å²) in [4.78, 5) is 28.3. The number of fused-ring (bicyclic) bond motifs is 2. The number of nitrogens with zero attached hydrogens (tertiary/aromatic N) is 3. The van der Waals surface area contributed by atoms with E-state index in [1.54, 1.807) is 0 Å². The number of imidazole rings is 1. The van der Waals surface area contributed by atoms with Crippen molar-refractivity contribution in [1.82, 2.24) is 24.8 Å². The average molecular weight is 452 g/mol. The van der Waals surface area contributed by atoms with Crippen LogP contribution < -0.4 is 10.3 Å². The number of pyridine rings is 1. The Balaban J connectivity index is 1.66. The molecule has 1 aliphatic rings. The van der Waals surface area contributed by atoms with E-state index >= 15 is 0 Å². The fraction of sp³-hybridized carbons (Fsp3) is 0.348. The Kier molecular flexibility index (Phi) is 5.34. The van der Waals surface area contributed by atoms with Gasteiger partial charge in [0, 0.05) is 17.8 Å². The quantitative estimate of drug-likeness (QED) is 0.427. The van der Waals surface area contributed by atoms with Gasteiger partial charge in [-0.15, -0.1) is 0 Å². The second-order valence-corrected chi connectivity index (χ2v) is 8.34. The van der Waals surface area contributed by atoms with E-state index < -0.39 is 18.6 Å². The number of likely N-dealkylation sites (tertiary alicyclic amines) is 1. The largest absolute Gasteiger partial charge is 0.485 e. The highest BCUT2D eigenvalue weighted by atomic mass is 19.3. The molecule has 0 saturated carbocycles. The normalized spacial score (nSPS) is 15.5. The number of nitriles is 1. The monoisotopic (exact) mass is 452 g/mol. The predicted molar refractivity (Wildman–Crippen MR) is 120 cm³/mol. The molecule has 1 saturated heterocycles. The van der Waals surface area contributed by atoms with Gasteiger partial charge >= 0.3 is 0 Å². The van der Waals surface area contributed by atoms with Crippen molar-refractivity contribution in [1.29, 1.82) is 5.26 Å². The summed E-state index contributed by atoms with van der Waals surface area (Å²) in [5, 5.41) is 9.88. The third-order valence-electron chi connectivity index (χ3n) is 6.25. The van der Waals surface area contributed by atoms with E-state index in [1.165, 1.54) is 12.4 Å². The Morgan fingerprint density at radius 1 is 1.27 bits per heavy atom. The third-order valence-corrected chi connectivity index (χ3v) is 6.25. The number of nitrogens with one attached hydrogen (secondary N) is 3. The maximum atomic E-state index is 13.0. The number of aromatic nitrogens is 4. The highest BCUT2D eigenvalue weighted by molar-refractivity contribution is 5.97. The fourth-order valence-electron chi connectivity index (χ4n) is 4.56. The molecule has 4 heterocycles. The third kappa shape index (κ3) is 3.74. The molecule has 0 aliphatic carbocycles. The van der Waals surface area contributed by atoms with Crippen LogP contribution in [0.15, 0.2) is 29.3 Å². The lowest BCUT2D eigenvalue weighted by Crippen LogP contribution is -2.29. The number of benzene rings is 1. The lowest BCUT2D eigenvalue weighted by molar-refractivity contribution is 0.0816. The molecule has 1 fully saturated rings. The van der Waals surface area contributed by atoms with E-state index in [0.29, 0.717) is 33.2 Å². The molecule has 10 heteroatoms. The molecule has 170 valence electrons. The van der Waals surface area contributed by atoms with Crippen LogP contribution >= 0.6 is 0 Å². The van der Waals surface area contributed by atoms with Crippen LogP contribution in [0, 0.1) is 11.3 Å². The molecule has 0 atom stereocenters. The number of aromatic amines is 3. The van der Waals surface area contributed by atoms with Gasteiger partial charge in [0.25, 0.3) is 12.0 Å². The zero-order valence-electron chi connectivity index (χ0n) is 17.9. The molecule has 3 N–H and O–H groups in total. The van der Waals surface area contributed by atoms with Gasteiger partial charge in [-0.25, -0.2) is 13.8 Å². The Bertz CT molecular complexity index is 1420. The summed E-state index contributed by atoms with van der Waals surface area (Å²) in [6, 6.07) is 5.82. The number of hydrogen-bond donors (Lipinski definition) is 3. The van der Waals surface area contributed by atoms with Gasteiger partial charge < -0.3 is 24.6 Å². The number of alkyl halides is 2. The summed E-state index contributed by atoms with van der Waals surface area (Å²) in [6.45, 7) is 1.09. The first kappa shape index (κ1) is 21.2. The van der Waals surface area contributed by atoms with E-state index in [4.69, 9.17) is 4.74 Å². The number of H-pyrrole nitrogens is 3. The van der Waals surface area contributed by atoms with E-state index in [9.17, 15) is 18.8 Å². The first-order valence-corrected chi connectivity index (χ1v) is 10.7. The predicted octanol–water partition coefficient (Wildman–Crippen LogP) is 3.72. The lowest BCUT2D eigenvalue weighted by Gasteiger charge is -2.30. The van der Waals surface area contributed by atoms with Crippen molar-refractivity contribution in [3.63, 3.8) is 0 Å². The van der Waals surface area contributed by atoms with Crippen LogP contribution in [-0.4, -0.2) is 58.0 Å². The molecule has 4 aromatic rings. The van der Waals surface area contributed by atoms with Gasteiger partial charge in [0.2, 0.25) is 0 Å². The van der Waals surface area contributed by atoms with Crippen LogP contribution in [0.25, 0.3) is 33.3 Å². The molecule has 33 heavy (non-hydrogen) atoms. The van der Waals surface area contributed by atoms with Crippen molar-refractivity contribution in [3.05, 3.63) is 46.0 Å². The van der Waals surface area contributed by atoms with Crippen molar-refractivity contribution < 1.29 is 13.5 Å². The van der Waals surface area contributed by atoms with Gasteiger partial charge in [0.15, 0.2) is 5.75 Å². The highest BCUT2D eigenvalue weighted by Gasteiger charge is 2.26. The molecule has 1 aromatic carbocycles. The number of rotatable bonds is 5. The highest BCUT2D eigenvalue weighted by Crippen LogP contribution is 2.39. The van der Waals surface area contributed by atoms with Crippen LogP contribution in [0.5, 0.6) is 5.75 Å². The minimum atomic E-state index is -2.62. The fourth-order valence-corrected chi connectivity index (χ4v) is 4.56. The van der Waals surface area contributed by atoms with Gasteiger partial charge in [0.05, 0.1) is 16.6 Å².